The van der Waals surface area contributed by atoms with E-state index in [4.69, 9.17) is 11.5 Å². The topological polar surface area (TPSA) is 72.3 Å². The summed E-state index contributed by atoms with van der Waals surface area (Å²) in [6, 6.07) is 4.97. The van der Waals surface area contributed by atoms with Gasteiger partial charge in [0.25, 0.3) is 0 Å². The van der Waals surface area contributed by atoms with Gasteiger partial charge in [-0.15, -0.1) is 0 Å². The number of amides is 1. The van der Waals surface area contributed by atoms with E-state index in [0.29, 0.717) is 5.56 Å². The Hall–Kier alpha value is -1.90. The van der Waals surface area contributed by atoms with Crippen molar-refractivity contribution in [1.82, 2.24) is 4.90 Å². The Morgan fingerprint density at radius 3 is 2.71 bits per heavy atom. The Morgan fingerprint density at radius 2 is 2.10 bits per heavy atom. The van der Waals surface area contributed by atoms with E-state index < -0.39 is 0 Å². The predicted molar refractivity (Wildman–Crippen MR) is 79.5 cm³/mol. The van der Waals surface area contributed by atoms with Crippen molar-refractivity contribution in [3.05, 3.63) is 35.1 Å². The van der Waals surface area contributed by atoms with Crippen molar-refractivity contribution < 1.29 is 9.18 Å². The lowest BCUT2D eigenvalue weighted by atomic mass is 9.96. The second kappa shape index (κ2) is 7.21. The lowest BCUT2D eigenvalue weighted by Gasteiger charge is -2.30. The molecule has 1 aromatic carbocycles. The van der Waals surface area contributed by atoms with Gasteiger partial charge in [-0.25, -0.2) is 4.39 Å². The molecule has 1 amide bonds. The molecular weight excluding hydrogens is 269 g/mol. The monoisotopic (exact) mass is 289 g/mol. The fraction of sp³-hybridized carbons (Fsp3) is 0.438. The summed E-state index contributed by atoms with van der Waals surface area (Å²) in [5, 5.41) is 0. The molecule has 1 fully saturated rings. The molecule has 1 saturated heterocycles. The smallest absolute Gasteiger partial charge is 0.220 e. The normalized spacial score (nSPS) is 16.3. The molecule has 112 valence electrons. The third-order valence-corrected chi connectivity index (χ3v) is 3.75. The van der Waals surface area contributed by atoms with Gasteiger partial charge in [0.1, 0.15) is 5.82 Å². The van der Waals surface area contributed by atoms with Gasteiger partial charge in [-0.1, -0.05) is 17.9 Å². The Balaban J connectivity index is 1.99. The molecule has 0 aromatic heterocycles. The van der Waals surface area contributed by atoms with Crippen LogP contribution in [0, 0.1) is 23.6 Å². The van der Waals surface area contributed by atoms with E-state index in [1.807, 2.05) is 0 Å². The third kappa shape index (κ3) is 4.28. The average Bonchev–Trinajstić information content (AvgIpc) is 2.48. The zero-order valence-electron chi connectivity index (χ0n) is 11.9. The van der Waals surface area contributed by atoms with Crippen LogP contribution < -0.4 is 11.5 Å². The van der Waals surface area contributed by atoms with Gasteiger partial charge in [0.15, 0.2) is 0 Å². The van der Waals surface area contributed by atoms with Gasteiger partial charge in [0.2, 0.25) is 5.91 Å². The first-order valence-electron chi connectivity index (χ1n) is 7.09. The van der Waals surface area contributed by atoms with E-state index in [9.17, 15) is 9.18 Å². The SMILES string of the molecule is NCC#Cc1cc(CN2CCC(C(N)=O)CC2)ccc1F. The summed E-state index contributed by atoms with van der Waals surface area (Å²) in [5.74, 6) is 4.86. The molecule has 1 aliphatic rings. The van der Waals surface area contributed by atoms with E-state index in [2.05, 4.69) is 16.7 Å². The fourth-order valence-corrected chi connectivity index (χ4v) is 2.55. The number of nitrogens with two attached hydrogens (primary N) is 2. The second-order valence-electron chi connectivity index (χ2n) is 5.27. The highest BCUT2D eigenvalue weighted by Gasteiger charge is 2.23. The molecule has 1 aromatic rings. The number of rotatable bonds is 3. The van der Waals surface area contributed by atoms with Crippen LogP contribution in [0.4, 0.5) is 4.39 Å². The summed E-state index contributed by atoms with van der Waals surface area (Å²) in [4.78, 5) is 13.4. The number of piperidine rings is 1. The number of carbonyl (C=O) groups is 1. The zero-order chi connectivity index (χ0) is 15.2. The van der Waals surface area contributed by atoms with Crippen LogP contribution in [0.1, 0.15) is 24.0 Å². The van der Waals surface area contributed by atoms with E-state index in [-0.39, 0.29) is 24.2 Å². The minimum Gasteiger partial charge on any atom is -0.369 e. The van der Waals surface area contributed by atoms with Crippen molar-refractivity contribution in [2.24, 2.45) is 17.4 Å². The summed E-state index contributed by atoms with van der Waals surface area (Å²) in [5.41, 5.74) is 12.0. The zero-order valence-corrected chi connectivity index (χ0v) is 11.9. The van der Waals surface area contributed by atoms with Gasteiger partial charge < -0.3 is 11.5 Å². The number of hydrogen-bond donors (Lipinski definition) is 2. The molecule has 1 aliphatic heterocycles. The van der Waals surface area contributed by atoms with Crippen molar-refractivity contribution >= 4 is 5.91 Å². The van der Waals surface area contributed by atoms with E-state index in [1.54, 1.807) is 12.1 Å². The maximum absolute atomic E-state index is 13.6. The number of hydrogen-bond acceptors (Lipinski definition) is 3. The quantitative estimate of drug-likeness (QED) is 0.810. The van der Waals surface area contributed by atoms with Crippen molar-refractivity contribution in [2.75, 3.05) is 19.6 Å². The Kier molecular flexibility index (Phi) is 5.32. The number of benzene rings is 1. The lowest BCUT2D eigenvalue weighted by Crippen LogP contribution is -2.38. The first-order valence-corrected chi connectivity index (χ1v) is 7.09. The number of carbonyl (C=O) groups excluding carboxylic acids is 1. The van der Waals surface area contributed by atoms with Crippen LogP contribution in [-0.2, 0) is 11.3 Å². The Labute approximate surface area is 124 Å². The van der Waals surface area contributed by atoms with Gasteiger partial charge in [-0.2, -0.15) is 0 Å². The van der Waals surface area contributed by atoms with Crippen molar-refractivity contribution in [3.63, 3.8) is 0 Å². The predicted octanol–water partition coefficient (Wildman–Crippen LogP) is 0.833. The molecule has 21 heavy (non-hydrogen) atoms. The van der Waals surface area contributed by atoms with Gasteiger partial charge in [-0.3, -0.25) is 9.69 Å². The van der Waals surface area contributed by atoms with Gasteiger partial charge in [0, 0.05) is 12.5 Å². The van der Waals surface area contributed by atoms with Crippen LogP contribution >= 0.6 is 0 Å². The molecule has 4 nitrogen and oxygen atoms in total. The largest absolute Gasteiger partial charge is 0.369 e. The molecule has 0 atom stereocenters. The number of nitrogens with zero attached hydrogens (tertiary/aromatic N) is 1. The minimum atomic E-state index is -0.327. The van der Waals surface area contributed by atoms with Crippen LogP contribution in [0.2, 0.25) is 0 Å². The molecule has 5 heteroatoms. The van der Waals surface area contributed by atoms with Gasteiger partial charge in [0.05, 0.1) is 12.1 Å². The van der Waals surface area contributed by atoms with Crippen LogP contribution in [0.25, 0.3) is 0 Å². The van der Waals surface area contributed by atoms with Gasteiger partial charge in [-0.05, 0) is 43.6 Å². The van der Waals surface area contributed by atoms with Crippen LogP contribution in [0.5, 0.6) is 0 Å². The van der Waals surface area contributed by atoms with Crippen LogP contribution in [0.15, 0.2) is 18.2 Å². The van der Waals surface area contributed by atoms with Crippen molar-refractivity contribution in [1.29, 1.82) is 0 Å². The number of primary amides is 1. The Bertz CT molecular complexity index is 569. The molecular formula is C16H20FN3O. The summed E-state index contributed by atoms with van der Waals surface area (Å²) < 4.78 is 13.6. The van der Waals surface area contributed by atoms with E-state index in [0.717, 1.165) is 38.0 Å². The first-order chi connectivity index (χ1) is 10.1. The highest BCUT2D eigenvalue weighted by Crippen LogP contribution is 2.19. The third-order valence-electron chi connectivity index (χ3n) is 3.75. The average molecular weight is 289 g/mol. The van der Waals surface area contributed by atoms with Crippen molar-refractivity contribution in [2.45, 2.75) is 19.4 Å². The number of halogens is 1. The maximum Gasteiger partial charge on any atom is 0.220 e. The maximum atomic E-state index is 13.6. The van der Waals surface area contributed by atoms with Crippen molar-refractivity contribution in [3.8, 4) is 11.8 Å². The summed E-state index contributed by atoms with van der Waals surface area (Å²) in [6.45, 7) is 2.59. The lowest BCUT2D eigenvalue weighted by molar-refractivity contribution is -0.123. The second-order valence-corrected chi connectivity index (χ2v) is 5.27. The fourth-order valence-electron chi connectivity index (χ4n) is 2.55. The van der Waals surface area contributed by atoms with Crippen LogP contribution in [0.3, 0.4) is 0 Å². The molecule has 0 radical (unpaired) electrons. The highest BCUT2D eigenvalue weighted by atomic mass is 19.1. The van der Waals surface area contributed by atoms with Gasteiger partial charge >= 0.3 is 0 Å². The molecule has 0 aliphatic carbocycles. The van der Waals surface area contributed by atoms with E-state index in [1.165, 1.54) is 6.07 Å². The number of likely N-dealkylation sites (tertiary alicyclic amines) is 1. The summed E-state index contributed by atoms with van der Waals surface area (Å²) in [6.07, 6.45) is 1.58. The first kappa shape index (κ1) is 15.5. The van der Waals surface area contributed by atoms with E-state index >= 15 is 0 Å². The summed E-state index contributed by atoms with van der Waals surface area (Å²) >= 11 is 0. The standard InChI is InChI=1S/C16H20FN3O/c17-15-4-3-12(10-14(15)2-1-7-18)11-20-8-5-13(6-9-20)16(19)21/h3-4,10,13H,5-9,11,18H2,(H2,19,21). The molecule has 0 unspecified atom stereocenters. The molecule has 2 rings (SSSR count). The molecule has 1 heterocycles. The molecule has 0 saturated carbocycles. The summed E-state index contributed by atoms with van der Waals surface area (Å²) in [7, 11) is 0. The minimum absolute atomic E-state index is 0.0135. The van der Waals surface area contributed by atoms with Crippen LogP contribution in [-0.4, -0.2) is 30.4 Å². The molecule has 0 spiro atoms. The molecule has 0 bridgehead atoms. The molecule has 4 N–H and O–H groups in total. The Morgan fingerprint density at radius 1 is 1.38 bits per heavy atom. The highest BCUT2D eigenvalue weighted by molar-refractivity contribution is 5.76.